The maximum Gasteiger partial charge on any atom is 0.187 e. The molecule has 0 amide bonds. The SMILES string of the molecule is CCc1nn(C)c(CC(=O)c2cscn2)c1Br. The molecule has 0 aromatic carbocycles. The van der Waals surface area contributed by atoms with E-state index in [1.165, 1.54) is 11.3 Å². The maximum absolute atomic E-state index is 12.0. The van der Waals surface area contributed by atoms with Crippen LogP contribution in [0.5, 0.6) is 0 Å². The first kappa shape index (κ1) is 12.4. The maximum atomic E-state index is 12.0. The zero-order valence-electron chi connectivity index (χ0n) is 9.61. The summed E-state index contributed by atoms with van der Waals surface area (Å²) in [6.07, 6.45) is 1.17. The fourth-order valence-electron chi connectivity index (χ4n) is 1.60. The predicted octanol–water partition coefficient (Wildman–Crippen LogP) is 2.63. The summed E-state index contributed by atoms with van der Waals surface area (Å²) in [5.41, 5.74) is 4.08. The lowest BCUT2D eigenvalue weighted by molar-refractivity contribution is 0.0986. The second-order valence-electron chi connectivity index (χ2n) is 3.66. The number of carbonyl (C=O) groups excluding carboxylic acids is 1. The van der Waals surface area contributed by atoms with Crippen LogP contribution in [0.15, 0.2) is 15.4 Å². The smallest absolute Gasteiger partial charge is 0.187 e. The van der Waals surface area contributed by atoms with Crippen molar-refractivity contribution in [2.24, 2.45) is 7.05 Å². The summed E-state index contributed by atoms with van der Waals surface area (Å²) in [6.45, 7) is 2.04. The van der Waals surface area contributed by atoms with E-state index in [9.17, 15) is 4.79 Å². The fourth-order valence-corrected chi connectivity index (χ4v) is 2.92. The number of hydrogen-bond donors (Lipinski definition) is 0. The van der Waals surface area contributed by atoms with Crippen molar-refractivity contribution in [3.05, 3.63) is 32.4 Å². The van der Waals surface area contributed by atoms with Gasteiger partial charge in [-0.1, -0.05) is 6.92 Å². The molecule has 0 bridgehead atoms. The summed E-state index contributed by atoms with van der Waals surface area (Å²) in [7, 11) is 1.85. The number of nitrogens with zero attached hydrogens (tertiary/aromatic N) is 3. The molecule has 17 heavy (non-hydrogen) atoms. The zero-order valence-corrected chi connectivity index (χ0v) is 12.0. The molecule has 4 nitrogen and oxygen atoms in total. The van der Waals surface area contributed by atoms with Gasteiger partial charge in [-0.2, -0.15) is 5.10 Å². The molecular weight excluding hydrogens is 302 g/mol. The first-order valence-corrected chi connectivity index (χ1v) is 6.98. The van der Waals surface area contributed by atoms with Crippen molar-refractivity contribution in [2.75, 3.05) is 0 Å². The molecule has 0 saturated heterocycles. The minimum Gasteiger partial charge on any atom is -0.292 e. The Hall–Kier alpha value is -1.01. The quantitative estimate of drug-likeness (QED) is 0.815. The van der Waals surface area contributed by atoms with Gasteiger partial charge in [0.2, 0.25) is 0 Å². The van der Waals surface area contributed by atoms with E-state index < -0.39 is 0 Å². The van der Waals surface area contributed by atoms with E-state index in [0.717, 1.165) is 22.3 Å². The number of hydrogen-bond acceptors (Lipinski definition) is 4. The Morgan fingerprint density at radius 1 is 1.59 bits per heavy atom. The highest BCUT2D eigenvalue weighted by atomic mass is 79.9. The van der Waals surface area contributed by atoms with Gasteiger partial charge >= 0.3 is 0 Å². The molecule has 0 atom stereocenters. The molecule has 2 heterocycles. The highest BCUT2D eigenvalue weighted by Crippen LogP contribution is 2.22. The zero-order chi connectivity index (χ0) is 12.4. The van der Waals surface area contributed by atoms with E-state index in [2.05, 4.69) is 26.0 Å². The normalized spacial score (nSPS) is 10.8. The van der Waals surface area contributed by atoms with Gasteiger partial charge in [-0.25, -0.2) is 4.98 Å². The number of aromatic nitrogens is 3. The summed E-state index contributed by atoms with van der Waals surface area (Å²) >= 11 is 4.93. The van der Waals surface area contributed by atoms with Gasteiger partial charge in [0, 0.05) is 12.4 Å². The van der Waals surface area contributed by atoms with E-state index in [0.29, 0.717) is 12.1 Å². The molecule has 0 N–H and O–H groups in total. The number of halogens is 1. The summed E-state index contributed by atoms with van der Waals surface area (Å²) in [5.74, 6) is 0.0256. The lowest BCUT2D eigenvalue weighted by atomic mass is 10.1. The predicted molar refractivity (Wildman–Crippen MR) is 70.4 cm³/mol. The molecule has 0 spiro atoms. The van der Waals surface area contributed by atoms with Crippen molar-refractivity contribution in [3.8, 4) is 0 Å². The topological polar surface area (TPSA) is 47.8 Å². The van der Waals surface area contributed by atoms with Crippen LogP contribution in [0.2, 0.25) is 0 Å². The molecule has 0 radical (unpaired) electrons. The first-order valence-electron chi connectivity index (χ1n) is 5.25. The third-order valence-electron chi connectivity index (χ3n) is 2.55. The molecule has 6 heteroatoms. The fraction of sp³-hybridized carbons (Fsp3) is 0.364. The monoisotopic (exact) mass is 313 g/mol. The van der Waals surface area contributed by atoms with Gasteiger partial charge in [0.25, 0.3) is 0 Å². The second-order valence-corrected chi connectivity index (χ2v) is 5.17. The van der Waals surface area contributed by atoms with Crippen molar-refractivity contribution in [3.63, 3.8) is 0 Å². The number of aryl methyl sites for hydroxylation is 2. The van der Waals surface area contributed by atoms with Crippen molar-refractivity contribution in [1.82, 2.24) is 14.8 Å². The van der Waals surface area contributed by atoms with Crippen LogP contribution in [0, 0.1) is 0 Å². The van der Waals surface area contributed by atoms with Gasteiger partial charge in [0.1, 0.15) is 5.69 Å². The van der Waals surface area contributed by atoms with Gasteiger partial charge in [-0.3, -0.25) is 9.48 Å². The lowest BCUT2D eigenvalue weighted by Crippen LogP contribution is -2.08. The molecule has 0 aliphatic rings. The summed E-state index contributed by atoms with van der Waals surface area (Å²) in [6, 6.07) is 0. The van der Waals surface area contributed by atoms with Crippen LogP contribution in [0.1, 0.15) is 28.8 Å². The Kier molecular flexibility index (Phi) is 3.73. The van der Waals surface area contributed by atoms with Crippen molar-refractivity contribution in [2.45, 2.75) is 19.8 Å². The number of thiazole rings is 1. The van der Waals surface area contributed by atoms with Gasteiger partial charge < -0.3 is 0 Å². The van der Waals surface area contributed by atoms with Crippen molar-refractivity contribution < 1.29 is 4.79 Å². The highest BCUT2D eigenvalue weighted by Gasteiger charge is 2.17. The number of Topliss-reactive ketones (excluding diaryl/α,β-unsaturated/α-hetero) is 1. The van der Waals surface area contributed by atoms with Gasteiger partial charge in [-0.05, 0) is 22.4 Å². The average molecular weight is 314 g/mol. The highest BCUT2D eigenvalue weighted by molar-refractivity contribution is 9.10. The Bertz CT molecular complexity index is 533. The van der Waals surface area contributed by atoms with Crippen molar-refractivity contribution >= 4 is 33.0 Å². The van der Waals surface area contributed by atoms with Crippen LogP contribution in [0.4, 0.5) is 0 Å². The third-order valence-corrected chi connectivity index (χ3v) is 4.05. The van der Waals surface area contributed by atoms with Crippen LogP contribution in [0.25, 0.3) is 0 Å². The molecule has 2 aromatic heterocycles. The molecule has 0 fully saturated rings. The van der Waals surface area contributed by atoms with Crippen LogP contribution < -0.4 is 0 Å². The van der Waals surface area contributed by atoms with Gasteiger partial charge in [0.05, 0.1) is 27.8 Å². The largest absolute Gasteiger partial charge is 0.292 e. The molecule has 0 aliphatic heterocycles. The Balaban J connectivity index is 2.25. The molecule has 0 aliphatic carbocycles. The summed E-state index contributed by atoms with van der Waals surface area (Å²) in [4.78, 5) is 16.0. The van der Waals surface area contributed by atoms with Crippen molar-refractivity contribution in [1.29, 1.82) is 0 Å². The van der Waals surface area contributed by atoms with Crippen LogP contribution in [-0.2, 0) is 19.9 Å². The van der Waals surface area contributed by atoms with E-state index in [4.69, 9.17) is 0 Å². The van der Waals surface area contributed by atoms with Gasteiger partial charge in [0.15, 0.2) is 5.78 Å². The molecule has 2 aromatic rings. The average Bonchev–Trinajstić information content (AvgIpc) is 2.92. The lowest BCUT2D eigenvalue weighted by Gasteiger charge is -2.00. The molecule has 0 unspecified atom stereocenters. The van der Waals surface area contributed by atoms with Crippen LogP contribution in [0.3, 0.4) is 0 Å². The van der Waals surface area contributed by atoms with E-state index in [-0.39, 0.29) is 5.78 Å². The Morgan fingerprint density at radius 2 is 2.35 bits per heavy atom. The van der Waals surface area contributed by atoms with E-state index >= 15 is 0 Å². The van der Waals surface area contributed by atoms with Crippen LogP contribution >= 0.6 is 27.3 Å². The minimum absolute atomic E-state index is 0.0256. The summed E-state index contributed by atoms with van der Waals surface area (Å²) in [5, 5.41) is 6.13. The Morgan fingerprint density at radius 3 is 2.88 bits per heavy atom. The molecule has 90 valence electrons. The molecular formula is C11H12BrN3OS. The number of rotatable bonds is 4. The molecule has 2 rings (SSSR count). The Labute approximate surface area is 112 Å². The third kappa shape index (κ3) is 2.47. The summed E-state index contributed by atoms with van der Waals surface area (Å²) < 4.78 is 2.69. The first-order chi connectivity index (χ1) is 8.13. The minimum atomic E-state index is 0.0256. The van der Waals surface area contributed by atoms with Crippen LogP contribution in [-0.4, -0.2) is 20.5 Å². The van der Waals surface area contributed by atoms with E-state index in [1.54, 1.807) is 15.6 Å². The molecule has 0 saturated carbocycles. The van der Waals surface area contributed by atoms with Gasteiger partial charge in [-0.15, -0.1) is 11.3 Å². The second kappa shape index (κ2) is 5.10. The number of carbonyl (C=O) groups is 1. The number of ketones is 1. The van der Waals surface area contributed by atoms with E-state index in [1.807, 2.05) is 14.0 Å². The standard InChI is InChI=1S/C11H12BrN3OS/c1-3-7-11(12)9(15(2)14-7)4-10(16)8-5-17-6-13-8/h5-6H,3-4H2,1-2H3.